The van der Waals surface area contributed by atoms with Gasteiger partial charge in [-0.15, -0.1) is 11.3 Å². The molecule has 1 aromatic heterocycles. The van der Waals surface area contributed by atoms with Gasteiger partial charge in [-0.2, -0.15) is 0 Å². The smallest absolute Gasteiger partial charge is 0.338 e. The van der Waals surface area contributed by atoms with Crippen LogP contribution in [-0.4, -0.2) is 37.0 Å². The van der Waals surface area contributed by atoms with E-state index < -0.39 is 12.0 Å². The average molecular weight is 415 g/mol. The standard InChI is InChI=1S/C21H23FN4O2S/c1-12-11-14(22)3-4-15(12)18-16(21(27)28-2)17(13-5-7-23-8-6-13)25-19(26-18)20-24-9-10-29-20/h3-4,9-11,13,18,23H,5-8H2,1-2H3,(H,25,26). The van der Waals surface area contributed by atoms with Gasteiger partial charge in [0.15, 0.2) is 10.8 Å². The first-order valence-electron chi connectivity index (χ1n) is 9.62. The van der Waals surface area contributed by atoms with E-state index in [0.717, 1.165) is 47.8 Å². The summed E-state index contributed by atoms with van der Waals surface area (Å²) in [5.41, 5.74) is 2.86. The molecule has 2 aliphatic rings. The SMILES string of the molecule is COC(=O)C1=C(C2CCNCC2)NC(c2nccs2)=NC1c1ccc(F)cc1C. The fraction of sp³-hybridized carbons (Fsp3) is 0.381. The van der Waals surface area contributed by atoms with Crippen LogP contribution < -0.4 is 10.6 Å². The minimum Gasteiger partial charge on any atom is -0.466 e. The zero-order valence-corrected chi connectivity index (χ0v) is 17.2. The number of carbonyl (C=O) groups excluding carboxylic acids is 1. The zero-order valence-electron chi connectivity index (χ0n) is 16.4. The highest BCUT2D eigenvalue weighted by atomic mass is 32.1. The number of hydrogen-bond acceptors (Lipinski definition) is 7. The number of halogens is 1. The minimum atomic E-state index is -0.576. The van der Waals surface area contributed by atoms with Crippen molar-refractivity contribution in [3.63, 3.8) is 0 Å². The molecule has 0 radical (unpaired) electrons. The number of aryl methyl sites for hydroxylation is 1. The molecule has 1 aromatic carbocycles. The molecule has 1 atom stereocenters. The number of amidine groups is 1. The Balaban J connectivity index is 1.88. The summed E-state index contributed by atoms with van der Waals surface area (Å²) in [5, 5.41) is 9.40. The van der Waals surface area contributed by atoms with Crippen molar-refractivity contribution in [3.8, 4) is 0 Å². The predicted octanol–water partition coefficient (Wildman–Crippen LogP) is 3.11. The first-order chi connectivity index (χ1) is 14.1. The largest absolute Gasteiger partial charge is 0.466 e. The average Bonchev–Trinajstić information content (AvgIpc) is 3.28. The summed E-state index contributed by atoms with van der Waals surface area (Å²) in [4.78, 5) is 22.1. The number of benzene rings is 1. The highest BCUT2D eigenvalue weighted by Gasteiger charge is 2.36. The number of rotatable bonds is 4. The van der Waals surface area contributed by atoms with E-state index in [-0.39, 0.29) is 11.7 Å². The van der Waals surface area contributed by atoms with E-state index in [2.05, 4.69) is 15.6 Å². The normalized spacial score (nSPS) is 20.2. The molecule has 0 saturated carbocycles. The van der Waals surface area contributed by atoms with Crippen molar-refractivity contribution in [3.05, 3.63) is 63.0 Å². The lowest BCUT2D eigenvalue weighted by Crippen LogP contribution is -2.40. The molecule has 0 aliphatic carbocycles. The second kappa shape index (κ2) is 8.42. The highest BCUT2D eigenvalue weighted by Crippen LogP contribution is 2.38. The maximum absolute atomic E-state index is 13.7. The van der Waals surface area contributed by atoms with Crippen molar-refractivity contribution in [2.75, 3.05) is 20.2 Å². The first kappa shape index (κ1) is 19.7. The van der Waals surface area contributed by atoms with Crippen molar-refractivity contribution in [2.24, 2.45) is 10.9 Å². The van der Waals surface area contributed by atoms with E-state index in [9.17, 15) is 9.18 Å². The summed E-state index contributed by atoms with van der Waals surface area (Å²) in [7, 11) is 1.38. The third-order valence-electron chi connectivity index (χ3n) is 5.39. The summed E-state index contributed by atoms with van der Waals surface area (Å²) in [5.74, 6) is 0.0853. The van der Waals surface area contributed by atoms with Crippen LogP contribution in [-0.2, 0) is 9.53 Å². The number of esters is 1. The summed E-state index contributed by atoms with van der Waals surface area (Å²) in [6.07, 6.45) is 3.54. The predicted molar refractivity (Wildman–Crippen MR) is 110 cm³/mol. The third kappa shape index (κ3) is 3.95. The van der Waals surface area contributed by atoms with Crippen LogP contribution in [0, 0.1) is 18.7 Å². The number of allylic oxidation sites excluding steroid dienone is 1. The Morgan fingerprint density at radius 3 is 2.76 bits per heavy atom. The molecular weight excluding hydrogens is 391 g/mol. The Kier molecular flexibility index (Phi) is 5.73. The number of ether oxygens (including phenoxy) is 1. The number of nitrogens with one attached hydrogen (secondary N) is 2. The van der Waals surface area contributed by atoms with Gasteiger partial charge in [-0.3, -0.25) is 4.99 Å². The number of aliphatic imine (C=N–C) groups is 1. The molecule has 2 N–H and O–H groups in total. The van der Waals surface area contributed by atoms with E-state index in [4.69, 9.17) is 9.73 Å². The number of nitrogens with zero attached hydrogens (tertiary/aromatic N) is 2. The van der Waals surface area contributed by atoms with Crippen LogP contribution >= 0.6 is 11.3 Å². The van der Waals surface area contributed by atoms with E-state index in [0.29, 0.717) is 11.4 Å². The van der Waals surface area contributed by atoms with Crippen LogP contribution in [0.4, 0.5) is 4.39 Å². The molecule has 1 fully saturated rings. The third-order valence-corrected chi connectivity index (χ3v) is 6.17. The molecule has 0 amide bonds. The molecule has 2 aliphatic heterocycles. The molecule has 8 heteroatoms. The van der Waals surface area contributed by atoms with Crippen molar-refractivity contribution in [1.29, 1.82) is 0 Å². The Bertz CT molecular complexity index is 965. The van der Waals surface area contributed by atoms with Gasteiger partial charge in [0.2, 0.25) is 0 Å². The van der Waals surface area contributed by atoms with E-state index in [1.807, 2.05) is 12.3 Å². The van der Waals surface area contributed by atoms with Gasteiger partial charge < -0.3 is 15.4 Å². The van der Waals surface area contributed by atoms with Crippen LogP contribution in [0.25, 0.3) is 0 Å². The van der Waals surface area contributed by atoms with Crippen LogP contribution in [0.5, 0.6) is 0 Å². The summed E-state index contributed by atoms with van der Waals surface area (Å²) in [6.45, 7) is 3.60. The van der Waals surface area contributed by atoms with E-state index >= 15 is 0 Å². The monoisotopic (exact) mass is 414 g/mol. The molecule has 2 aromatic rings. The van der Waals surface area contributed by atoms with Crippen LogP contribution in [0.2, 0.25) is 0 Å². The summed E-state index contributed by atoms with van der Waals surface area (Å²) >= 11 is 1.48. The maximum atomic E-state index is 13.7. The van der Waals surface area contributed by atoms with Gasteiger partial charge in [0.05, 0.1) is 12.7 Å². The highest BCUT2D eigenvalue weighted by molar-refractivity contribution is 7.11. The lowest BCUT2D eigenvalue weighted by atomic mass is 9.85. The molecule has 6 nitrogen and oxygen atoms in total. The Morgan fingerprint density at radius 1 is 1.31 bits per heavy atom. The molecule has 0 bridgehead atoms. The zero-order chi connectivity index (χ0) is 20.4. The second-order valence-corrected chi connectivity index (χ2v) is 8.08. The fourth-order valence-electron chi connectivity index (χ4n) is 3.95. The van der Waals surface area contributed by atoms with Gasteiger partial charge in [-0.25, -0.2) is 14.2 Å². The molecular formula is C21H23FN4O2S. The first-order valence-corrected chi connectivity index (χ1v) is 10.5. The summed E-state index contributed by atoms with van der Waals surface area (Å²) < 4.78 is 18.9. The molecule has 1 unspecified atom stereocenters. The number of aromatic nitrogens is 1. The molecule has 4 rings (SSSR count). The molecule has 152 valence electrons. The molecule has 3 heterocycles. The molecule has 1 saturated heterocycles. The molecule has 0 spiro atoms. The van der Waals surface area contributed by atoms with Gasteiger partial charge in [-0.05, 0) is 56.1 Å². The summed E-state index contributed by atoms with van der Waals surface area (Å²) in [6, 6.07) is 4.00. The lowest BCUT2D eigenvalue weighted by Gasteiger charge is -2.33. The molecule has 29 heavy (non-hydrogen) atoms. The van der Waals surface area contributed by atoms with Crippen LogP contribution in [0.1, 0.15) is 35.0 Å². The lowest BCUT2D eigenvalue weighted by molar-refractivity contribution is -0.136. The van der Waals surface area contributed by atoms with Gasteiger partial charge >= 0.3 is 5.97 Å². The van der Waals surface area contributed by atoms with Crippen LogP contribution in [0.3, 0.4) is 0 Å². The van der Waals surface area contributed by atoms with Gasteiger partial charge in [0, 0.05) is 23.2 Å². The van der Waals surface area contributed by atoms with Gasteiger partial charge in [0.25, 0.3) is 0 Å². The topological polar surface area (TPSA) is 75.6 Å². The fourth-order valence-corrected chi connectivity index (χ4v) is 4.54. The number of piperidine rings is 1. The quantitative estimate of drug-likeness (QED) is 0.752. The Labute approximate surface area is 172 Å². The van der Waals surface area contributed by atoms with Crippen LogP contribution in [0.15, 0.2) is 46.0 Å². The maximum Gasteiger partial charge on any atom is 0.338 e. The second-order valence-electron chi connectivity index (χ2n) is 7.19. The van der Waals surface area contributed by atoms with Crippen molar-refractivity contribution < 1.29 is 13.9 Å². The van der Waals surface area contributed by atoms with Gasteiger partial charge in [0.1, 0.15) is 11.9 Å². The number of methoxy groups -OCH3 is 1. The number of hydrogen-bond donors (Lipinski definition) is 2. The minimum absolute atomic E-state index is 0.180. The number of thiazole rings is 1. The van der Waals surface area contributed by atoms with Gasteiger partial charge in [-0.1, -0.05) is 6.07 Å². The van der Waals surface area contributed by atoms with E-state index in [1.165, 1.54) is 30.6 Å². The van der Waals surface area contributed by atoms with Crippen molar-refractivity contribution >= 4 is 23.1 Å². The van der Waals surface area contributed by atoms with Crippen molar-refractivity contribution in [1.82, 2.24) is 15.6 Å². The van der Waals surface area contributed by atoms with Crippen molar-refractivity contribution in [2.45, 2.75) is 25.8 Å². The van der Waals surface area contributed by atoms with E-state index in [1.54, 1.807) is 12.3 Å². The Morgan fingerprint density at radius 2 is 2.10 bits per heavy atom. The Hall–Kier alpha value is -2.58. The number of carbonyl (C=O) groups is 1.